The minimum absolute atomic E-state index is 0.0344. The summed E-state index contributed by atoms with van der Waals surface area (Å²) < 4.78 is 40.4. The van der Waals surface area contributed by atoms with Crippen LogP contribution in [0.3, 0.4) is 0 Å². The number of aromatic nitrogens is 4. The van der Waals surface area contributed by atoms with Crippen molar-refractivity contribution < 1.29 is 23.1 Å². The van der Waals surface area contributed by atoms with Gasteiger partial charge in [-0.1, -0.05) is 6.07 Å². The van der Waals surface area contributed by atoms with Crippen molar-refractivity contribution in [1.82, 2.24) is 24.2 Å². The third-order valence-electron chi connectivity index (χ3n) is 5.04. The first-order chi connectivity index (χ1) is 13.2. The summed E-state index contributed by atoms with van der Waals surface area (Å²) in [5.41, 5.74) is -1.08. The van der Waals surface area contributed by atoms with Crippen LogP contribution in [0.4, 0.5) is 13.2 Å². The number of alkyl halides is 3. The third-order valence-corrected chi connectivity index (χ3v) is 5.04. The maximum absolute atomic E-state index is 12.8. The Labute approximate surface area is 157 Å². The van der Waals surface area contributed by atoms with Gasteiger partial charge in [0.15, 0.2) is 0 Å². The van der Waals surface area contributed by atoms with E-state index >= 15 is 0 Å². The zero-order valence-corrected chi connectivity index (χ0v) is 14.8. The second-order valence-electron chi connectivity index (χ2n) is 7.08. The van der Waals surface area contributed by atoms with E-state index < -0.39 is 29.7 Å². The number of aliphatic hydroxyl groups excluding tert-OH is 1. The standard InChI is InChI=1S/C17H18F3N5O3/c18-17(19,20)13-5-4-10(6-21-13)7-24-16(28)25-12(2-1-3-14(25)22-24)15(27)23-8-11(26)9-23/h4-6,11-12,26H,1-3,7-9H2. The highest BCUT2D eigenvalue weighted by Gasteiger charge is 2.38. The number of rotatable bonds is 3. The summed E-state index contributed by atoms with van der Waals surface area (Å²) >= 11 is 0. The molecule has 0 aromatic carbocycles. The van der Waals surface area contributed by atoms with Crippen molar-refractivity contribution in [2.45, 2.75) is 44.1 Å². The molecule has 11 heteroatoms. The Bertz CT molecular complexity index is 944. The number of hydrogen-bond donors (Lipinski definition) is 1. The molecular weight excluding hydrogens is 379 g/mol. The highest BCUT2D eigenvalue weighted by Crippen LogP contribution is 2.28. The molecule has 2 aromatic rings. The van der Waals surface area contributed by atoms with Gasteiger partial charge < -0.3 is 10.0 Å². The van der Waals surface area contributed by atoms with Gasteiger partial charge in [0, 0.05) is 25.7 Å². The summed E-state index contributed by atoms with van der Waals surface area (Å²) in [6.45, 7) is 0.475. The molecule has 150 valence electrons. The number of nitrogens with zero attached hydrogens (tertiary/aromatic N) is 5. The molecule has 2 aromatic heterocycles. The summed E-state index contributed by atoms with van der Waals surface area (Å²) in [5.74, 6) is 0.264. The summed E-state index contributed by atoms with van der Waals surface area (Å²) in [6.07, 6.45) is -2.24. The Morgan fingerprint density at radius 3 is 2.64 bits per heavy atom. The molecule has 8 nitrogen and oxygen atoms in total. The van der Waals surface area contributed by atoms with Crippen molar-refractivity contribution in [3.05, 3.63) is 45.9 Å². The first-order valence-corrected chi connectivity index (χ1v) is 8.91. The van der Waals surface area contributed by atoms with Gasteiger partial charge in [-0.25, -0.2) is 9.48 Å². The minimum Gasteiger partial charge on any atom is -0.389 e. The van der Waals surface area contributed by atoms with Gasteiger partial charge in [0.05, 0.1) is 12.6 Å². The number of pyridine rings is 1. The zero-order chi connectivity index (χ0) is 20.1. The van der Waals surface area contributed by atoms with E-state index in [-0.39, 0.29) is 25.5 Å². The van der Waals surface area contributed by atoms with Crippen LogP contribution in [0.2, 0.25) is 0 Å². The van der Waals surface area contributed by atoms with Crippen LogP contribution in [0, 0.1) is 0 Å². The number of aliphatic hydroxyl groups is 1. The molecule has 1 N–H and O–H groups in total. The number of hydrogen-bond acceptors (Lipinski definition) is 5. The van der Waals surface area contributed by atoms with E-state index in [0.29, 0.717) is 30.7 Å². The lowest BCUT2D eigenvalue weighted by Gasteiger charge is -2.39. The van der Waals surface area contributed by atoms with Crippen LogP contribution < -0.4 is 5.69 Å². The molecule has 4 heterocycles. The van der Waals surface area contributed by atoms with Crippen LogP contribution in [-0.4, -0.2) is 54.4 Å². The molecule has 0 radical (unpaired) electrons. The Balaban J connectivity index is 1.57. The number of β-amino-alcohol motifs (C(OH)–C–C–N with tert-alkyl or cyclic N) is 1. The molecule has 0 bridgehead atoms. The molecule has 1 unspecified atom stereocenters. The van der Waals surface area contributed by atoms with E-state index in [1.807, 2.05) is 0 Å². The largest absolute Gasteiger partial charge is 0.433 e. The fourth-order valence-corrected chi connectivity index (χ4v) is 3.57. The van der Waals surface area contributed by atoms with Gasteiger partial charge >= 0.3 is 11.9 Å². The average molecular weight is 397 g/mol. The topological polar surface area (TPSA) is 93.2 Å². The van der Waals surface area contributed by atoms with E-state index in [9.17, 15) is 27.9 Å². The molecule has 2 aliphatic heterocycles. The normalized spacial score (nSPS) is 20.0. The smallest absolute Gasteiger partial charge is 0.389 e. The van der Waals surface area contributed by atoms with Crippen molar-refractivity contribution >= 4 is 5.91 Å². The monoisotopic (exact) mass is 397 g/mol. The predicted molar refractivity (Wildman–Crippen MR) is 89.4 cm³/mol. The molecule has 4 rings (SSSR count). The highest BCUT2D eigenvalue weighted by molar-refractivity contribution is 5.81. The molecule has 0 spiro atoms. The van der Waals surface area contributed by atoms with Gasteiger partial charge in [-0.05, 0) is 24.5 Å². The maximum atomic E-state index is 12.8. The number of likely N-dealkylation sites (tertiary alicyclic amines) is 1. The average Bonchev–Trinajstić information content (AvgIpc) is 2.94. The van der Waals surface area contributed by atoms with E-state index in [2.05, 4.69) is 10.1 Å². The first kappa shape index (κ1) is 18.7. The van der Waals surface area contributed by atoms with Crippen molar-refractivity contribution in [2.24, 2.45) is 0 Å². The van der Waals surface area contributed by atoms with Gasteiger partial charge in [-0.3, -0.25) is 14.3 Å². The summed E-state index contributed by atoms with van der Waals surface area (Å²) in [7, 11) is 0. The SMILES string of the molecule is O=C(C1CCCc2nn(Cc3ccc(C(F)(F)F)nc3)c(=O)n21)N1CC(O)C1. The Hall–Kier alpha value is -2.69. The van der Waals surface area contributed by atoms with Crippen molar-refractivity contribution in [2.75, 3.05) is 13.1 Å². The van der Waals surface area contributed by atoms with E-state index in [0.717, 1.165) is 16.9 Å². The quantitative estimate of drug-likeness (QED) is 0.818. The molecule has 1 saturated heterocycles. The first-order valence-electron chi connectivity index (χ1n) is 8.91. The number of fused-ring (bicyclic) bond motifs is 1. The molecule has 0 saturated carbocycles. The van der Waals surface area contributed by atoms with Crippen LogP contribution in [0.25, 0.3) is 0 Å². The second-order valence-corrected chi connectivity index (χ2v) is 7.08. The Morgan fingerprint density at radius 2 is 2.04 bits per heavy atom. The van der Waals surface area contributed by atoms with Crippen LogP contribution in [0.5, 0.6) is 0 Å². The number of aryl methyl sites for hydroxylation is 1. The minimum atomic E-state index is -4.53. The number of carbonyl (C=O) groups excluding carboxylic acids is 1. The summed E-state index contributed by atoms with van der Waals surface area (Å²) in [5, 5.41) is 13.7. The fraction of sp³-hybridized carbons (Fsp3) is 0.529. The lowest BCUT2D eigenvalue weighted by molar-refractivity contribution is -0.145. The lowest BCUT2D eigenvalue weighted by atomic mass is 10.0. The van der Waals surface area contributed by atoms with Crippen molar-refractivity contribution in [1.29, 1.82) is 0 Å². The number of amides is 1. The molecule has 28 heavy (non-hydrogen) atoms. The third kappa shape index (κ3) is 3.30. The summed E-state index contributed by atoms with van der Waals surface area (Å²) in [6, 6.07) is 1.45. The highest BCUT2D eigenvalue weighted by atomic mass is 19.4. The molecular formula is C17H18F3N5O3. The van der Waals surface area contributed by atoms with Gasteiger partial charge in [0.1, 0.15) is 17.6 Å². The van der Waals surface area contributed by atoms with E-state index in [4.69, 9.17) is 0 Å². The van der Waals surface area contributed by atoms with E-state index in [1.54, 1.807) is 0 Å². The number of halogens is 3. The molecule has 1 amide bonds. The predicted octanol–water partition coefficient (Wildman–Crippen LogP) is 0.587. The van der Waals surface area contributed by atoms with Gasteiger partial charge in [0.2, 0.25) is 5.91 Å². The van der Waals surface area contributed by atoms with E-state index in [1.165, 1.54) is 15.5 Å². The number of carbonyl (C=O) groups is 1. The van der Waals surface area contributed by atoms with Gasteiger partial charge in [-0.15, -0.1) is 0 Å². The molecule has 1 atom stereocenters. The van der Waals surface area contributed by atoms with Crippen molar-refractivity contribution in [3.63, 3.8) is 0 Å². The van der Waals surface area contributed by atoms with Crippen LogP contribution in [0.15, 0.2) is 23.1 Å². The molecule has 0 aliphatic carbocycles. The maximum Gasteiger partial charge on any atom is 0.433 e. The van der Waals surface area contributed by atoms with Gasteiger partial charge in [-0.2, -0.15) is 18.3 Å². The lowest BCUT2D eigenvalue weighted by Crippen LogP contribution is -2.56. The molecule has 2 aliphatic rings. The van der Waals surface area contributed by atoms with Crippen LogP contribution >= 0.6 is 0 Å². The molecule has 1 fully saturated rings. The zero-order valence-electron chi connectivity index (χ0n) is 14.8. The second kappa shape index (κ2) is 6.73. The fourth-order valence-electron chi connectivity index (χ4n) is 3.57. The Kier molecular flexibility index (Phi) is 4.48. The van der Waals surface area contributed by atoms with Crippen LogP contribution in [-0.2, 0) is 23.9 Å². The van der Waals surface area contributed by atoms with Gasteiger partial charge in [0.25, 0.3) is 0 Å². The van der Waals surface area contributed by atoms with Crippen LogP contribution in [0.1, 0.15) is 36.0 Å². The summed E-state index contributed by atoms with van der Waals surface area (Å²) in [4.78, 5) is 30.3. The Morgan fingerprint density at radius 1 is 1.29 bits per heavy atom. The van der Waals surface area contributed by atoms with Crippen molar-refractivity contribution in [3.8, 4) is 0 Å².